The zero-order valence-electron chi connectivity index (χ0n) is 13.3. The van der Waals surface area contributed by atoms with Crippen LogP contribution in [0.2, 0.25) is 0 Å². The van der Waals surface area contributed by atoms with Crippen LogP contribution in [0.25, 0.3) is 0 Å². The van der Waals surface area contributed by atoms with Gasteiger partial charge in [-0.3, -0.25) is 0 Å². The topological polar surface area (TPSA) is 37.4 Å². The number of thiazole rings is 1. The molecule has 1 unspecified atom stereocenters. The Morgan fingerprint density at radius 1 is 1.40 bits per heavy atom. The number of aromatic nitrogens is 1. The van der Waals surface area contributed by atoms with E-state index in [1.165, 1.54) is 10.6 Å². The highest BCUT2D eigenvalue weighted by molar-refractivity contribution is 7.15. The summed E-state index contributed by atoms with van der Waals surface area (Å²) in [4.78, 5) is 8.64. The van der Waals surface area contributed by atoms with Crippen LogP contribution < -0.4 is 10.2 Å². The van der Waals surface area contributed by atoms with Gasteiger partial charge in [0.05, 0.1) is 18.4 Å². The molecule has 0 bridgehead atoms. The van der Waals surface area contributed by atoms with Crippen molar-refractivity contribution in [3.8, 4) is 0 Å². The highest BCUT2D eigenvalue weighted by Gasteiger charge is 2.22. The molecule has 4 nitrogen and oxygen atoms in total. The average Bonchev–Trinajstić information content (AvgIpc) is 2.80. The molecule has 5 heteroatoms. The molecule has 114 valence electrons. The molecule has 1 fully saturated rings. The van der Waals surface area contributed by atoms with E-state index in [0.29, 0.717) is 18.1 Å². The molecule has 0 radical (unpaired) electrons. The van der Waals surface area contributed by atoms with Crippen molar-refractivity contribution in [2.75, 3.05) is 24.6 Å². The molecule has 1 aliphatic heterocycles. The van der Waals surface area contributed by atoms with Crippen LogP contribution >= 0.6 is 11.3 Å². The second-order valence-corrected chi connectivity index (χ2v) is 7.18. The van der Waals surface area contributed by atoms with Gasteiger partial charge in [-0.1, -0.05) is 27.7 Å². The van der Waals surface area contributed by atoms with Gasteiger partial charge in [0.15, 0.2) is 5.13 Å². The van der Waals surface area contributed by atoms with Gasteiger partial charge in [-0.25, -0.2) is 4.98 Å². The average molecular weight is 297 g/mol. The molecule has 0 amide bonds. The van der Waals surface area contributed by atoms with E-state index in [0.717, 1.165) is 31.4 Å². The quantitative estimate of drug-likeness (QED) is 0.906. The molecule has 1 N–H and O–H groups in total. The predicted molar refractivity (Wildman–Crippen MR) is 85.8 cm³/mol. The molecule has 0 saturated carbocycles. The summed E-state index contributed by atoms with van der Waals surface area (Å²) in [6.07, 6.45) is 0.299. The minimum Gasteiger partial charge on any atom is -0.375 e. The van der Waals surface area contributed by atoms with E-state index in [-0.39, 0.29) is 0 Å². The number of morpholine rings is 1. The SMILES string of the molecule is CC(C)NCc1sc(N2CCOC(C)C2)nc1C(C)C. The van der Waals surface area contributed by atoms with Crippen LogP contribution in [0.5, 0.6) is 0 Å². The molecular formula is C15H27N3OS. The fraction of sp³-hybridized carbons (Fsp3) is 0.800. The van der Waals surface area contributed by atoms with Crippen LogP contribution in [0.4, 0.5) is 5.13 Å². The van der Waals surface area contributed by atoms with Crippen LogP contribution in [-0.2, 0) is 11.3 Å². The Morgan fingerprint density at radius 3 is 2.75 bits per heavy atom. The molecule has 1 aromatic rings. The van der Waals surface area contributed by atoms with Crippen LogP contribution in [0.15, 0.2) is 0 Å². The Labute approximate surface area is 126 Å². The monoisotopic (exact) mass is 297 g/mol. The first-order chi connectivity index (χ1) is 9.47. The van der Waals surface area contributed by atoms with Gasteiger partial charge in [-0.05, 0) is 12.8 Å². The number of nitrogens with one attached hydrogen (secondary N) is 1. The Kier molecular flexibility index (Phi) is 5.41. The maximum absolute atomic E-state index is 5.62. The summed E-state index contributed by atoms with van der Waals surface area (Å²) >= 11 is 1.84. The lowest BCUT2D eigenvalue weighted by Gasteiger charge is -2.30. The zero-order valence-corrected chi connectivity index (χ0v) is 14.1. The minimum absolute atomic E-state index is 0.299. The molecule has 20 heavy (non-hydrogen) atoms. The smallest absolute Gasteiger partial charge is 0.186 e. The maximum Gasteiger partial charge on any atom is 0.186 e. The summed E-state index contributed by atoms with van der Waals surface area (Å²) in [6, 6.07) is 0.504. The third-order valence-electron chi connectivity index (χ3n) is 3.45. The van der Waals surface area contributed by atoms with Crippen LogP contribution in [0, 0.1) is 0 Å². The van der Waals surface area contributed by atoms with Crippen molar-refractivity contribution in [2.45, 2.75) is 59.2 Å². The standard InChI is InChI=1S/C15H27N3OS/c1-10(2)14-13(8-16-11(3)4)20-15(17-14)18-6-7-19-12(5)9-18/h10-12,16H,6-9H2,1-5H3. The Bertz CT molecular complexity index is 431. The number of rotatable bonds is 5. The molecule has 1 atom stereocenters. The summed E-state index contributed by atoms with van der Waals surface area (Å²) in [6.45, 7) is 14.6. The third kappa shape index (κ3) is 3.93. The first-order valence-corrected chi connectivity index (χ1v) is 8.38. The molecule has 2 rings (SSSR count). The van der Waals surface area contributed by atoms with E-state index < -0.39 is 0 Å². The number of hydrogen-bond donors (Lipinski definition) is 1. The number of ether oxygens (including phenoxy) is 1. The molecule has 1 aromatic heterocycles. The van der Waals surface area contributed by atoms with Gasteiger partial charge in [0.1, 0.15) is 0 Å². The first kappa shape index (κ1) is 15.7. The second kappa shape index (κ2) is 6.87. The zero-order chi connectivity index (χ0) is 14.7. The van der Waals surface area contributed by atoms with E-state index in [2.05, 4.69) is 44.8 Å². The van der Waals surface area contributed by atoms with Crippen molar-refractivity contribution >= 4 is 16.5 Å². The summed E-state index contributed by atoms with van der Waals surface area (Å²) in [7, 11) is 0. The fourth-order valence-corrected chi connectivity index (χ4v) is 3.55. The Morgan fingerprint density at radius 2 is 2.15 bits per heavy atom. The number of hydrogen-bond acceptors (Lipinski definition) is 5. The van der Waals surface area contributed by atoms with Gasteiger partial charge in [-0.15, -0.1) is 11.3 Å². The van der Waals surface area contributed by atoms with E-state index in [1.807, 2.05) is 11.3 Å². The number of anilines is 1. The molecule has 0 spiro atoms. The lowest BCUT2D eigenvalue weighted by Crippen LogP contribution is -2.41. The van der Waals surface area contributed by atoms with E-state index in [1.54, 1.807) is 0 Å². The van der Waals surface area contributed by atoms with Crippen molar-refractivity contribution in [2.24, 2.45) is 0 Å². The minimum atomic E-state index is 0.299. The van der Waals surface area contributed by atoms with Gasteiger partial charge in [-0.2, -0.15) is 0 Å². The molecule has 1 saturated heterocycles. The van der Waals surface area contributed by atoms with Gasteiger partial charge in [0.25, 0.3) is 0 Å². The second-order valence-electron chi connectivity index (χ2n) is 6.12. The van der Waals surface area contributed by atoms with E-state index >= 15 is 0 Å². The van der Waals surface area contributed by atoms with Crippen molar-refractivity contribution < 1.29 is 4.74 Å². The first-order valence-electron chi connectivity index (χ1n) is 7.57. The lowest BCUT2D eigenvalue weighted by molar-refractivity contribution is 0.0532. The summed E-state index contributed by atoms with van der Waals surface area (Å²) in [5.74, 6) is 0.474. The Hall–Kier alpha value is -0.650. The van der Waals surface area contributed by atoms with Crippen LogP contribution in [0.3, 0.4) is 0 Å². The summed E-state index contributed by atoms with van der Waals surface area (Å²) in [5, 5.41) is 4.67. The largest absolute Gasteiger partial charge is 0.375 e. The van der Waals surface area contributed by atoms with E-state index in [4.69, 9.17) is 9.72 Å². The highest BCUT2D eigenvalue weighted by atomic mass is 32.1. The van der Waals surface area contributed by atoms with Crippen molar-refractivity contribution in [3.05, 3.63) is 10.6 Å². The molecule has 0 aliphatic carbocycles. The maximum atomic E-state index is 5.62. The fourth-order valence-electron chi connectivity index (χ4n) is 2.35. The van der Waals surface area contributed by atoms with Crippen LogP contribution in [-0.4, -0.2) is 36.8 Å². The van der Waals surface area contributed by atoms with Gasteiger partial charge < -0.3 is 15.0 Å². The summed E-state index contributed by atoms with van der Waals surface area (Å²) < 4.78 is 5.62. The predicted octanol–water partition coefficient (Wildman–Crippen LogP) is 2.99. The van der Waals surface area contributed by atoms with Gasteiger partial charge in [0.2, 0.25) is 0 Å². The van der Waals surface area contributed by atoms with Crippen molar-refractivity contribution in [3.63, 3.8) is 0 Å². The molecule has 0 aromatic carbocycles. The normalized spacial score (nSPS) is 20.1. The lowest BCUT2D eigenvalue weighted by atomic mass is 10.1. The molecule has 1 aliphatic rings. The molecular weight excluding hydrogens is 270 g/mol. The Balaban J connectivity index is 2.15. The van der Waals surface area contributed by atoms with Gasteiger partial charge in [0, 0.05) is 30.6 Å². The van der Waals surface area contributed by atoms with Crippen molar-refractivity contribution in [1.82, 2.24) is 10.3 Å². The van der Waals surface area contributed by atoms with Crippen molar-refractivity contribution in [1.29, 1.82) is 0 Å². The number of nitrogens with zero attached hydrogens (tertiary/aromatic N) is 2. The van der Waals surface area contributed by atoms with Crippen LogP contribution in [0.1, 0.15) is 51.1 Å². The third-order valence-corrected chi connectivity index (χ3v) is 4.58. The highest BCUT2D eigenvalue weighted by Crippen LogP contribution is 2.31. The van der Waals surface area contributed by atoms with E-state index in [9.17, 15) is 0 Å². The van der Waals surface area contributed by atoms with Gasteiger partial charge >= 0.3 is 0 Å². The summed E-state index contributed by atoms with van der Waals surface area (Å²) in [5.41, 5.74) is 1.25. The molecule has 2 heterocycles.